The molecule has 1 unspecified atom stereocenters. The maximum Gasteiger partial charge on any atom is 0.260 e. The van der Waals surface area contributed by atoms with E-state index in [1.165, 1.54) is 0 Å². The molecule has 23 heavy (non-hydrogen) atoms. The van der Waals surface area contributed by atoms with Gasteiger partial charge in [-0.3, -0.25) is 9.59 Å². The Balaban J connectivity index is 2.35. The Hall–Kier alpha value is -1.92. The lowest BCUT2D eigenvalue weighted by Crippen LogP contribution is -2.43. The highest BCUT2D eigenvalue weighted by Crippen LogP contribution is 2.20. The van der Waals surface area contributed by atoms with Crippen LogP contribution in [0.25, 0.3) is 0 Å². The van der Waals surface area contributed by atoms with Crippen molar-refractivity contribution in [2.24, 2.45) is 0 Å². The van der Waals surface area contributed by atoms with Gasteiger partial charge < -0.3 is 15.0 Å². The summed E-state index contributed by atoms with van der Waals surface area (Å²) in [6, 6.07) is 6.92. The molecule has 0 saturated carbocycles. The molecule has 0 aromatic carbocycles. The van der Waals surface area contributed by atoms with E-state index in [2.05, 4.69) is 4.98 Å². The van der Waals surface area contributed by atoms with Crippen LogP contribution in [0.5, 0.6) is 0 Å². The van der Waals surface area contributed by atoms with E-state index in [-0.39, 0.29) is 24.1 Å². The molecule has 5 nitrogen and oxygen atoms in total. The predicted molar refractivity (Wildman–Crippen MR) is 91.9 cm³/mol. The third-order valence-electron chi connectivity index (χ3n) is 3.79. The Morgan fingerprint density at radius 2 is 2.04 bits per heavy atom. The van der Waals surface area contributed by atoms with Gasteiger partial charge in [0, 0.05) is 15.4 Å². The van der Waals surface area contributed by atoms with Crippen LogP contribution in [0.3, 0.4) is 0 Å². The molecule has 6 heteroatoms. The van der Waals surface area contributed by atoms with E-state index >= 15 is 0 Å². The number of nitrogens with zero attached hydrogens (tertiary/aromatic N) is 1. The zero-order valence-corrected chi connectivity index (χ0v) is 14.4. The molecule has 2 aromatic heterocycles. The van der Waals surface area contributed by atoms with Gasteiger partial charge >= 0.3 is 0 Å². The molecule has 0 aliphatic carbocycles. The zero-order chi connectivity index (χ0) is 17.0. The number of aliphatic hydroxyl groups excluding tert-OH is 1. The van der Waals surface area contributed by atoms with Gasteiger partial charge in [0.05, 0.1) is 19.2 Å². The van der Waals surface area contributed by atoms with Crippen molar-refractivity contribution in [3.8, 4) is 0 Å². The molecule has 0 aliphatic heterocycles. The van der Waals surface area contributed by atoms with Crippen molar-refractivity contribution in [3.63, 3.8) is 0 Å². The number of H-pyrrole nitrogens is 1. The van der Waals surface area contributed by atoms with Gasteiger partial charge in [-0.15, -0.1) is 11.3 Å². The van der Waals surface area contributed by atoms with Crippen molar-refractivity contribution < 1.29 is 9.90 Å². The molecule has 2 N–H and O–H groups in total. The van der Waals surface area contributed by atoms with Crippen LogP contribution >= 0.6 is 11.3 Å². The Morgan fingerprint density at radius 1 is 1.30 bits per heavy atom. The maximum absolute atomic E-state index is 12.8. The molecule has 0 fully saturated rings. The minimum atomic E-state index is -0.393. The van der Waals surface area contributed by atoms with Crippen LogP contribution < -0.4 is 5.56 Å². The number of carbonyl (C=O) groups is 1. The summed E-state index contributed by atoms with van der Waals surface area (Å²) in [4.78, 5) is 31.4. The van der Waals surface area contributed by atoms with Crippen molar-refractivity contribution in [2.45, 2.75) is 39.8 Å². The third-order valence-corrected chi connectivity index (χ3v) is 4.78. The highest BCUT2D eigenvalue weighted by molar-refractivity contribution is 7.11. The number of thiophene rings is 1. The first-order valence-electron chi connectivity index (χ1n) is 7.63. The summed E-state index contributed by atoms with van der Waals surface area (Å²) in [5.74, 6) is -0.349. The molecule has 2 aromatic rings. The number of aryl methyl sites for hydroxylation is 2. The molecule has 2 heterocycles. The second-order valence-electron chi connectivity index (χ2n) is 5.57. The molecule has 124 valence electrons. The third kappa shape index (κ3) is 4.09. The van der Waals surface area contributed by atoms with E-state index in [9.17, 15) is 14.7 Å². The molecule has 1 amide bonds. The van der Waals surface area contributed by atoms with E-state index in [1.807, 2.05) is 26.0 Å². The summed E-state index contributed by atoms with van der Waals surface area (Å²) in [5.41, 5.74) is 0.423. The van der Waals surface area contributed by atoms with Crippen LogP contribution in [0.2, 0.25) is 0 Å². The SMILES string of the molecule is CCC(CO)N(Cc1ccc(C)s1)C(=O)c1ccc(C)[nH]c1=O. The second kappa shape index (κ2) is 7.57. The Kier molecular flexibility index (Phi) is 5.74. The Bertz CT molecular complexity index is 731. The normalized spacial score (nSPS) is 12.2. The van der Waals surface area contributed by atoms with Gasteiger partial charge in [-0.2, -0.15) is 0 Å². The molecule has 2 rings (SSSR count). The minimum Gasteiger partial charge on any atom is -0.394 e. The number of pyridine rings is 1. The summed E-state index contributed by atoms with van der Waals surface area (Å²) in [7, 11) is 0. The smallest absolute Gasteiger partial charge is 0.260 e. The van der Waals surface area contributed by atoms with E-state index in [0.717, 1.165) is 9.75 Å². The lowest BCUT2D eigenvalue weighted by molar-refractivity contribution is 0.0565. The van der Waals surface area contributed by atoms with Crippen molar-refractivity contribution in [1.29, 1.82) is 0 Å². The van der Waals surface area contributed by atoms with E-state index in [4.69, 9.17) is 0 Å². The van der Waals surface area contributed by atoms with Crippen LogP contribution in [0.1, 0.15) is 39.2 Å². The van der Waals surface area contributed by atoms with Gasteiger partial charge in [0.2, 0.25) is 0 Å². The number of hydrogen-bond donors (Lipinski definition) is 2. The molecule has 0 bridgehead atoms. The molecular formula is C17H22N2O3S. The van der Waals surface area contributed by atoms with Crippen molar-refractivity contribution in [2.75, 3.05) is 6.61 Å². The first-order valence-corrected chi connectivity index (χ1v) is 8.45. The molecule has 0 saturated heterocycles. The van der Waals surface area contributed by atoms with Crippen LogP contribution in [-0.2, 0) is 6.54 Å². The van der Waals surface area contributed by atoms with Crippen LogP contribution in [0, 0.1) is 13.8 Å². The summed E-state index contributed by atoms with van der Waals surface area (Å²) in [5, 5.41) is 9.61. The number of amides is 1. The Morgan fingerprint density at radius 3 is 2.57 bits per heavy atom. The molecule has 0 radical (unpaired) electrons. The average Bonchev–Trinajstić information content (AvgIpc) is 2.92. The van der Waals surface area contributed by atoms with Crippen molar-refractivity contribution >= 4 is 17.2 Å². The van der Waals surface area contributed by atoms with Crippen molar-refractivity contribution in [3.05, 3.63) is 55.6 Å². The monoisotopic (exact) mass is 334 g/mol. The summed E-state index contributed by atoms with van der Waals surface area (Å²) in [6.07, 6.45) is 0.621. The number of aromatic nitrogens is 1. The second-order valence-corrected chi connectivity index (χ2v) is 6.95. The lowest BCUT2D eigenvalue weighted by Gasteiger charge is -2.29. The average molecular weight is 334 g/mol. The predicted octanol–water partition coefficient (Wildman–Crippen LogP) is 2.47. The van der Waals surface area contributed by atoms with E-state index in [0.29, 0.717) is 18.7 Å². The van der Waals surface area contributed by atoms with Gasteiger partial charge in [-0.05, 0) is 44.5 Å². The standard InChI is InChI=1S/C17H22N2O3S/c1-4-13(10-20)19(9-14-7-6-12(3)23-14)17(22)15-8-5-11(2)18-16(15)21/h5-8,13,20H,4,9-10H2,1-3H3,(H,18,21). The van der Waals surface area contributed by atoms with E-state index < -0.39 is 5.56 Å². The summed E-state index contributed by atoms with van der Waals surface area (Å²) < 4.78 is 0. The molecular weight excluding hydrogens is 312 g/mol. The maximum atomic E-state index is 12.8. The molecule has 0 spiro atoms. The highest BCUT2D eigenvalue weighted by atomic mass is 32.1. The van der Waals surface area contributed by atoms with Crippen LogP contribution in [0.4, 0.5) is 0 Å². The van der Waals surface area contributed by atoms with Crippen LogP contribution in [-0.4, -0.2) is 33.5 Å². The van der Waals surface area contributed by atoms with Gasteiger partial charge in [-0.25, -0.2) is 0 Å². The number of hydrogen-bond acceptors (Lipinski definition) is 4. The highest BCUT2D eigenvalue weighted by Gasteiger charge is 2.25. The topological polar surface area (TPSA) is 73.4 Å². The minimum absolute atomic E-state index is 0.107. The largest absolute Gasteiger partial charge is 0.394 e. The number of aromatic amines is 1. The quantitative estimate of drug-likeness (QED) is 0.852. The lowest BCUT2D eigenvalue weighted by atomic mass is 10.1. The van der Waals surface area contributed by atoms with Gasteiger partial charge in [0.25, 0.3) is 11.5 Å². The van der Waals surface area contributed by atoms with Gasteiger partial charge in [0.15, 0.2) is 0 Å². The number of aliphatic hydroxyl groups is 1. The van der Waals surface area contributed by atoms with E-state index in [1.54, 1.807) is 35.3 Å². The van der Waals surface area contributed by atoms with Gasteiger partial charge in [-0.1, -0.05) is 6.92 Å². The van der Waals surface area contributed by atoms with Crippen LogP contribution in [0.15, 0.2) is 29.1 Å². The Labute approximate surface area is 139 Å². The fourth-order valence-corrected chi connectivity index (χ4v) is 3.34. The fraction of sp³-hybridized carbons (Fsp3) is 0.412. The fourth-order valence-electron chi connectivity index (χ4n) is 2.45. The van der Waals surface area contributed by atoms with Gasteiger partial charge in [0.1, 0.15) is 5.56 Å². The first kappa shape index (κ1) is 17.4. The zero-order valence-electron chi connectivity index (χ0n) is 13.6. The summed E-state index contributed by atoms with van der Waals surface area (Å²) >= 11 is 1.61. The molecule has 1 atom stereocenters. The summed E-state index contributed by atoms with van der Waals surface area (Å²) in [6.45, 7) is 5.96. The molecule has 0 aliphatic rings. The first-order chi connectivity index (χ1) is 11.0. The number of nitrogens with one attached hydrogen (secondary N) is 1. The number of carbonyl (C=O) groups excluding carboxylic acids is 1. The number of rotatable bonds is 6. The van der Waals surface area contributed by atoms with Crippen molar-refractivity contribution in [1.82, 2.24) is 9.88 Å².